The maximum atomic E-state index is 4.20. The molecular weight excluding hydrogens is 174 g/mol. The van der Waals surface area contributed by atoms with Crippen LogP contribution in [0.15, 0.2) is 17.0 Å². The molecule has 1 aromatic rings. The fourth-order valence-corrected chi connectivity index (χ4v) is 1.94. The first-order valence-electron chi connectivity index (χ1n) is 3.23. The predicted octanol–water partition coefficient (Wildman–Crippen LogP) is 1.20. The summed E-state index contributed by atoms with van der Waals surface area (Å²) in [4.78, 5) is 4.20. The highest BCUT2D eigenvalue weighted by molar-refractivity contribution is 7.82. The normalized spacial score (nSPS) is 14.0. The van der Waals surface area contributed by atoms with Gasteiger partial charge < -0.3 is 0 Å². The Morgan fingerprint density at radius 3 is 2.91 bits per heavy atom. The van der Waals surface area contributed by atoms with Gasteiger partial charge in [-0.15, -0.1) is 24.0 Å². The molecule has 58 valence electrons. The molecule has 0 N–H and O–H groups in total. The van der Waals surface area contributed by atoms with Crippen molar-refractivity contribution in [3.63, 3.8) is 0 Å². The number of hydrogen-bond acceptors (Lipinski definition) is 3. The topological polar surface area (TPSA) is 12.9 Å². The van der Waals surface area contributed by atoms with Crippen LogP contribution in [0.1, 0.15) is 6.92 Å². The molecule has 1 aromatic heterocycles. The average molecular weight is 183 g/mol. The molecule has 3 heteroatoms. The third kappa shape index (κ3) is 1.94. The number of hydrogen-bond donors (Lipinski definition) is 1. The molecule has 0 aliphatic carbocycles. The molecule has 1 rings (SSSR count). The second-order valence-electron chi connectivity index (χ2n) is 1.94. The van der Waals surface area contributed by atoms with Crippen LogP contribution < -0.4 is 9.88 Å². The summed E-state index contributed by atoms with van der Waals surface area (Å²) in [5.41, 5.74) is 0. The summed E-state index contributed by atoms with van der Waals surface area (Å²) in [6.07, 6.45) is 5.66. The molecular formula is C8H9NS2. The van der Waals surface area contributed by atoms with Gasteiger partial charge >= 0.3 is 0 Å². The zero-order valence-corrected chi connectivity index (χ0v) is 7.95. The molecule has 11 heavy (non-hydrogen) atoms. The van der Waals surface area contributed by atoms with E-state index in [1.165, 1.54) is 0 Å². The van der Waals surface area contributed by atoms with Crippen molar-refractivity contribution >= 4 is 36.1 Å². The summed E-state index contributed by atoms with van der Waals surface area (Å²) in [7, 11) is 0. The molecule has 0 atom stereocenters. The van der Waals surface area contributed by atoms with Gasteiger partial charge in [0.25, 0.3) is 0 Å². The second kappa shape index (κ2) is 3.74. The minimum absolute atomic E-state index is 0.797. The molecule has 0 aliphatic rings. The van der Waals surface area contributed by atoms with Crippen LogP contribution in [0.3, 0.4) is 0 Å². The van der Waals surface area contributed by atoms with Crippen LogP contribution in [-0.4, -0.2) is 4.98 Å². The first-order valence-corrected chi connectivity index (χ1v) is 4.49. The summed E-state index contributed by atoms with van der Waals surface area (Å²) in [5, 5.41) is 0.986. The maximum Gasteiger partial charge on any atom is 0.148 e. The Morgan fingerprint density at radius 2 is 2.36 bits per heavy atom. The van der Waals surface area contributed by atoms with Crippen molar-refractivity contribution in [1.82, 2.24) is 4.98 Å². The highest BCUT2D eigenvalue weighted by atomic mass is 32.2. The van der Waals surface area contributed by atoms with E-state index in [2.05, 4.69) is 24.2 Å². The molecule has 0 saturated carbocycles. The molecule has 0 saturated heterocycles. The van der Waals surface area contributed by atoms with Gasteiger partial charge in [0.2, 0.25) is 0 Å². The number of aromatic nitrogens is 1. The molecule has 0 spiro atoms. The van der Waals surface area contributed by atoms with E-state index in [1.54, 1.807) is 17.4 Å². The molecule has 0 unspecified atom stereocenters. The molecule has 0 fully saturated rings. The summed E-state index contributed by atoms with van der Waals surface area (Å²) in [5.74, 6) is 0. The Labute approximate surface area is 75.2 Å². The van der Waals surface area contributed by atoms with Gasteiger partial charge in [-0.25, -0.2) is 4.98 Å². The number of thiol groups is 1. The van der Waals surface area contributed by atoms with E-state index < -0.39 is 0 Å². The molecule has 0 radical (unpaired) electrons. The number of nitrogens with zero attached hydrogens (tertiary/aromatic N) is 1. The van der Waals surface area contributed by atoms with Crippen molar-refractivity contribution in [3.8, 4) is 0 Å². The van der Waals surface area contributed by atoms with Gasteiger partial charge in [0.1, 0.15) is 4.34 Å². The van der Waals surface area contributed by atoms with Crippen LogP contribution >= 0.6 is 24.0 Å². The van der Waals surface area contributed by atoms with Crippen LogP contribution in [-0.2, 0) is 0 Å². The molecule has 1 nitrogen and oxygen atoms in total. The van der Waals surface area contributed by atoms with Crippen LogP contribution in [0.5, 0.6) is 0 Å². The zero-order valence-electron chi connectivity index (χ0n) is 6.24. The lowest BCUT2D eigenvalue weighted by molar-refractivity contribution is 1.19. The van der Waals surface area contributed by atoms with E-state index in [-0.39, 0.29) is 0 Å². The van der Waals surface area contributed by atoms with Crippen LogP contribution in [0.4, 0.5) is 0 Å². The lowest BCUT2D eigenvalue weighted by Crippen LogP contribution is -2.19. The highest BCUT2D eigenvalue weighted by Crippen LogP contribution is 1.99. The maximum absolute atomic E-state index is 4.20. The third-order valence-corrected chi connectivity index (χ3v) is 2.43. The summed E-state index contributed by atoms with van der Waals surface area (Å²) in [6.45, 7) is 5.59. The molecule has 0 amide bonds. The Bertz CT molecular complexity index is 362. The van der Waals surface area contributed by atoms with Gasteiger partial charge in [0.15, 0.2) is 0 Å². The van der Waals surface area contributed by atoms with Crippen LogP contribution in [0.25, 0.3) is 12.2 Å². The van der Waals surface area contributed by atoms with E-state index in [0.29, 0.717) is 0 Å². The minimum Gasteiger partial charge on any atom is -0.230 e. The van der Waals surface area contributed by atoms with Gasteiger partial charge in [0.05, 0.1) is 9.88 Å². The van der Waals surface area contributed by atoms with Crippen molar-refractivity contribution in [2.24, 2.45) is 0 Å². The number of allylic oxidation sites excluding steroid dienone is 1. The van der Waals surface area contributed by atoms with Gasteiger partial charge in [0, 0.05) is 0 Å². The summed E-state index contributed by atoms with van der Waals surface area (Å²) < 4.78 is 1.92. The van der Waals surface area contributed by atoms with Gasteiger partial charge in [-0.05, 0) is 13.0 Å². The Morgan fingerprint density at radius 1 is 1.64 bits per heavy atom. The van der Waals surface area contributed by atoms with Crippen LogP contribution in [0, 0.1) is 0 Å². The van der Waals surface area contributed by atoms with Gasteiger partial charge in [-0.1, -0.05) is 18.7 Å². The van der Waals surface area contributed by atoms with E-state index in [4.69, 9.17) is 0 Å². The van der Waals surface area contributed by atoms with E-state index in [1.807, 2.05) is 19.1 Å². The van der Waals surface area contributed by atoms with Crippen molar-refractivity contribution in [2.45, 2.75) is 11.3 Å². The SMILES string of the molecule is C=C/C=c1/sc(S)n/c1=C/C. The van der Waals surface area contributed by atoms with Crippen molar-refractivity contribution in [1.29, 1.82) is 0 Å². The fraction of sp³-hybridized carbons (Fsp3) is 0.125. The average Bonchev–Trinajstić information content (AvgIpc) is 2.32. The van der Waals surface area contributed by atoms with E-state index in [9.17, 15) is 0 Å². The van der Waals surface area contributed by atoms with Crippen molar-refractivity contribution in [2.75, 3.05) is 0 Å². The van der Waals surface area contributed by atoms with Crippen molar-refractivity contribution < 1.29 is 0 Å². The smallest absolute Gasteiger partial charge is 0.148 e. The Hall–Kier alpha value is -0.540. The van der Waals surface area contributed by atoms with Gasteiger partial charge in [-0.3, -0.25) is 0 Å². The zero-order chi connectivity index (χ0) is 8.27. The second-order valence-corrected chi connectivity index (χ2v) is 3.69. The number of thiazole rings is 1. The highest BCUT2D eigenvalue weighted by Gasteiger charge is 1.91. The monoisotopic (exact) mass is 183 g/mol. The Balaban J connectivity index is 3.47. The van der Waals surface area contributed by atoms with Crippen LogP contribution in [0.2, 0.25) is 0 Å². The standard InChI is InChI=1S/C8H9NS2/c1-3-5-7-6(4-2)9-8(10)11-7/h3-5H,1H2,2H3,(H,9,10)/b6-4+,7-5+. The molecule has 0 aromatic carbocycles. The Kier molecular flexibility index (Phi) is 2.91. The molecule has 1 heterocycles. The lowest BCUT2D eigenvalue weighted by atomic mass is 10.5. The molecule has 0 bridgehead atoms. The van der Waals surface area contributed by atoms with Gasteiger partial charge in [-0.2, -0.15) is 0 Å². The summed E-state index contributed by atoms with van der Waals surface area (Å²) in [6, 6.07) is 0. The first-order chi connectivity index (χ1) is 5.27. The number of rotatable bonds is 1. The lowest BCUT2D eigenvalue weighted by Gasteiger charge is -1.70. The van der Waals surface area contributed by atoms with E-state index >= 15 is 0 Å². The minimum atomic E-state index is 0.797. The first kappa shape index (κ1) is 8.56. The predicted molar refractivity (Wildman–Crippen MR) is 53.4 cm³/mol. The quantitative estimate of drug-likeness (QED) is 0.646. The largest absolute Gasteiger partial charge is 0.230 e. The summed E-state index contributed by atoms with van der Waals surface area (Å²) >= 11 is 5.71. The van der Waals surface area contributed by atoms with E-state index in [0.717, 1.165) is 14.2 Å². The third-order valence-electron chi connectivity index (χ3n) is 1.21. The van der Waals surface area contributed by atoms with Crippen molar-refractivity contribution in [3.05, 3.63) is 22.5 Å². The fourth-order valence-electron chi connectivity index (χ4n) is 0.765. The molecule has 0 aliphatic heterocycles.